The second-order valence-electron chi connectivity index (χ2n) is 4.25. The second-order valence-corrected chi connectivity index (χ2v) is 7.36. The lowest BCUT2D eigenvalue weighted by Gasteiger charge is -2.10. The third-order valence-corrected chi connectivity index (χ3v) is 5.90. The molecule has 0 aromatic carbocycles. The number of rotatable bonds is 8. The molecule has 0 radical (unpaired) electrons. The van der Waals surface area contributed by atoms with E-state index in [4.69, 9.17) is 0 Å². The SMILES string of the molecule is CCNCCc1ccc(S(=O)(=O)NC(C)CC)s1. The van der Waals surface area contributed by atoms with Crippen molar-refractivity contribution >= 4 is 21.4 Å². The number of thiophene rings is 1. The van der Waals surface area contributed by atoms with Gasteiger partial charge in [0.1, 0.15) is 4.21 Å². The number of sulfonamides is 1. The molecule has 6 heteroatoms. The predicted molar refractivity (Wildman–Crippen MR) is 76.6 cm³/mol. The summed E-state index contributed by atoms with van der Waals surface area (Å²) in [5.74, 6) is 0. The molecule has 0 bridgehead atoms. The fourth-order valence-corrected chi connectivity index (χ4v) is 4.13. The van der Waals surface area contributed by atoms with E-state index in [0.29, 0.717) is 4.21 Å². The van der Waals surface area contributed by atoms with Gasteiger partial charge in [-0.2, -0.15) is 0 Å². The first kappa shape index (κ1) is 15.6. The molecule has 1 aromatic heterocycles. The van der Waals surface area contributed by atoms with Crippen molar-refractivity contribution in [2.75, 3.05) is 13.1 Å². The first-order valence-electron chi connectivity index (χ1n) is 6.31. The topological polar surface area (TPSA) is 58.2 Å². The Kier molecular flexibility index (Phi) is 6.28. The molecule has 18 heavy (non-hydrogen) atoms. The molecule has 0 spiro atoms. The van der Waals surface area contributed by atoms with Gasteiger partial charge in [-0.15, -0.1) is 11.3 Å². The van der Waals surface area contributed by atoms with Gasteiger partial charge < -0.3 is 5.32 Å². The summed E-state index contributed by atoms with van der Waals surface area (Å²) in [4.78, 5) is 1.10. The average molecular weight is 290 g/mol. The smallest absolute Gasteiger partial charge is 0.250 e. The standard InChI is InChI=1S/C12H22N2O2S2/c1-4-10(3)14-18(15,16)12-7-6-11(17-12)8-9-13-5-2/h6-7,10,13-14H,4-5,8-9H2,1-3H3. The first-order valence-corrected chi connectivity index (χ1v) is 8.61. The second kappa shape index (κ2) is 7.23. The van der Waals surface area contributed by atoms with Gasteiger partial charge in [-0.3, -0.25) is 0 Å². The van der Waals surface area contributed by atoms with Crippen molar-refractivity contribution in [1.82, 2.24) is 10.0 Å². The first-order chi connectivity index (χ1) is 8.49. The summed E-state index contributed by atoms with van der Waals surface area (Å²) in [5.41, 5.74) is 0. The van der Waals surface area contributed by atoms with Crippen LogP contribution < -0.4 is 10.0 Å². The van der Waals surface area contributed by atoms with E-state index in [2.05, 4.69) is 17.0 Å². The highest BCUT2D eigenvalue weighted by molar-refractivity contribution is 7.91. The molecule has 1 aromatic rings. The van der Waals surface area contributed by atoms with Gasteiger partial charge in [0, 0.05) is 10.9 Å². The van der Waals surface area contributed by atoms with Crippen LogP contribution in [-0.2, 0) is 16.4 Å². The lowest BCUT2D eigenvalue weighted by atomic mass is 10.3. The van der Waals surface area contributed by atoms with Gasteiger partial charge >= 0.3 is 0 Å². The fourth-order valence-electron chi connectivity index (χ4n) is 1.43. The zero-order chi connectivity index (χ0) is 13.6. The Hall–Kier alpha value is -0.430. The highest BCUT2D eigenvalue weighted by Gasteiger charge is 2.18. The van der Waals surface area contributed by atoms with E-state index in [1.165, 1.54) is 11.3 Å². The molecule has 0 amide bonds. The summed E-state index contributed by atoms with van der Waals surface area (Å²) in [6, 6.07) is 3.56. The van der Waals surface area contributed by atoms with E-state index < -0.39 is 10.0 Å². The minimum Gasteiger partial charge on any atom is -0.317 e. The number of hydrogen-bond donors (Lipinski definition) is 2. The molecule has 0 aliphatic carbocycles. The van der Waals surface area contributed by atoms with Crippen molar-refractivity contribution in [3.05, 3.63) is 17.0 Å². The van der Waals surface area contributed by atoms with Crippen LogP contribution in [0.2, 0.25) is 0 Å². The van der Waals surface area contributed by atoms with E-state index in [1.54, 1.807) is 6.07 Å². The average Bonchev–Trinajstić information content (AvgIpc) is 2.78. The van der Waals surface area contributed by atoms with Crippen LogP contribution in [0.3, 0.4) is 0 Å². The molecular weight excluding hydrogens is 268 g/mol. The molecule has 1 heterocycles. The molecule has 1 atom stereocenters. The van der Waals surface area contributed by atoms with Crippen LogP contribution in [0.25, 0.3) is 0 Å². The predicted octanol–water partition coefficient (Wildman–Crippen LogP) is 1.98. The molecular formula is C12H22N2O2S2. The normalized spacial score (nSPS) is 13.7. The van der Waals surface area contributed by atoms with Gasteiger partial charge in [0.05, 0.1) is 0 Å². The molecule has 4 nitrogen and oxygen atoms in total. The van der Waals surface area contributed by atoms with Crippen molar-refractivity contribution < 1.29 is 8.42 Å². The summed E-state index contributed by atoms with van der Waals surface area (Å²) in [6.45, 7) is 7.71. The summed E-state index contributed by atoms with van der Waals surface area (Å²) in [5, 5.41) is 3.23. The maximum absolute atomic E-state index is 12.0. The van der Waals surface area contributed by atoms with Crippen molar-refractivity contribution in [3.63, 3.8) is 0 Å². The largest absolute Gasteiger partial charge is 0.317 e. The van der Waals surface area contributed by atoms with Crippen molar-refractivity contribution in [3.8, 4) is 0 Å². The summed E-state index contributed by atoms with van der Waals surface area (Å²) < 4.78 is 27.1. The Bertz CT molecular complexity index is 454. The van der Waals surface area contributed by atoms with E-state index in [9.17, 15) is 8.42 Å². The van der Waals surface area contributed by atoms with Gasteiger partial charge in [0.2, 0.25) is 10.0 Å². The maximum atomic E-state index is 12.0. The zero-order valence-electron chi connectivity index (χ0n) is 11.2. The van der Waals surface area contributed by atoms with E-state index >= 15 is 0 Å². The molecule has 0 aliphatic heterocycles. The number of nitrogens with one attached hydrogen (secondary N) is 2. The van der Waals surface area contributed by atoms with E-state index in [0.717, 1.165) is 30.8 Å². The van der Waals surface area contributed by atoms with Crippen LogP contribution in [0, 0.1) is 0 Å². The Balaban J connectivity index is 2.66. The quantitative estimate of drug-likeness (QED) is 0.720. The Morgan fingerprint density at radius 1 is 1.33 bits per heavy atom. The third kappa shape index (κ3) is 4.68. The number of likely N-dealkylation sites (N-methyl/N-ethyl adjacent to an activating group) is 1. The lowest BCUT2D eigenvalue weighted by Crippen LogP contribution is -2.31. The fraction of sp³-hybridized carbons (Fsp3) is 0.667. The maximum Gasteiger partial charge on any atom is 0.250 e. The van der Waals surface area contributed by atoms with Gasteiger partial charge in [0.15, 0.2) is 0 Å². The van der Waals surface area contributed by atoms with Crippen LogP contribution in [0.1, 0.15) is 32.1 Å². The highest BCUT2D eigenvalue weighted by Crippen LogP contribution is 2.22. The molecule has 0 saturated carbocycles. The van der Waals surface area contributed by atoms with E-state index in [-0.39, 0.29) is 6.04 Å². The zero-order valence-corrected chi connectivity index (χ0v) is 12.8. The van der Waals surface area contributed by atoms with Crippen LogP contribution in [-0.4, -0.2) is 27.5 Å². The lowest BCUT2D eigenvalue weighted by molar-refractivity contribution is 0.558. The van der Waals surface area contributed by atoms with Crippen molar-refractivity contribution in [2.45, 2.75) is 43.9 Å². The summed E-state index contributed by atoms with van der Waals surface area (Å²) in [6.07, 6.45) is 1.66. The molecule has 0 saturated heterocycles. The van der Waals surface area contributed by atoms with Gasteiger partial charge in [-0.25, -0.2) is 13.1 Å². The Labute approximate surface area is 114 Å². The number of hydrogen-bond acceptors (Lipinski definition) is 4. The van der Waals surface area contributed by atoms with Crippen LogP contribution >= 0.6 is 11.3 Å². The third-order valence-electron chi connectivity index (χ3n) is 2.67. The minimum atomic E-state index is -3.33. The molecule has 1 unspecified atom stereocenters. The molecule has 2 N–H and O–H groups in total. The van der Waals surface area contributed by atoms with E-state index in [1.807, 2.05) is 19.9 Å². The minimum absolute atomic E-state index is 0.0256. The summed E-state index contributed by atoms with van der Waals surface area (Å²) in [7, 11) is -3.33. The van der Waals surface area contributed by atoms with Crippen LogP contribution in [0.5, 0.6) is 0 Å². The molecule has 1 rings (SSSR count). The summed E-state index contributed by atoms with van der Waals surface area (Å²) >= 11 is 1.35. The molecule has 0 fully saturated rings. The monoisotopic (exact) mass is 290 g/mol. The van der Waals surface area contributed by atoms with Crippen LogP contribution in [0.15, 0.2) is 16.3 Å². The molecule has 0 aliphatic rings. The van der Waals surface area contributed by atoms with Crippen molar-refractivity contribution in [1.29, 1.82) is 0 Å². The Morgan fingerprint density at radius 3 is 2.67 bits per heavy atom. The van der Waals surface area contributed by atoms with Gasteiger partial charge in [-0.1, -0.05) is 13.8 Å². The molecule has 104 valence electrons. The van der Waals surface area contributed by atoms with Gasteiger partial charge in [-0.05, 0) is 45.0 Å². The van der Waals surface area contributed by atoms with Crippen LogP contribution in [0.4, 0.5) is 0 Å². The Morgan fingerprint density at radius 2 is 2.06 bits per heavy atom. The highest BCUT2D eigenvalue weighted by atomic mass is 32.2. The van der Waals surface area contributed by atoms with Crippen molar-refractivity contribution in [2.24, 2.45) is 0 Å². The van der Waals surface area contributed by atoms with Gasteiger partial charge in [0.25, 0.3) is 0 Å².